The second kappa shape index (κ2) is 8.59. The summed E-state index contributed by atoms with van der Waals surface area (Å²) in [7, 11) is 4.29. The summed E-state index contributed by atoms with van der Waals surface area (Å²) in [6, 6.07) is 16.1. The van der Waals surface area contributed by atoms with Crippen LogP contribution in [0.2, 0.25) is 0 Å². The van der Waals surface area contributed by atoms with Gasteiger partial charge in [-0.15, -0.1) is 0 Å². The fraction of sp³-hybridized carbons (Fsp3) is 0.269. The van der Waals surface area contributed by atoms with Gasteiger partial charge >= 0.3 is 0 Å². The lowest BCUT2D eigenvalue weighted by Crippen LogP contribution is -2.47. The second-order valence-corrected chi connectivity index (χ2v) is 9.11. The van der Waals surface area contributed by atoms with Crippen LogP contribution in [0.4, 0.5) is 0 Å². The molecular weight excluding hydrogens is 440 g/mol. The molecule has 35 heavy (non-hydrogen) atoms. The zero-order valence-electron chi connectivity index (χ0n) is 19.7. The number of hydrogen-bond donors (Lipinski definition) is 0. The molecule has 5 aromatic rings. The maximum atomic E-state index is 11.9. The molecule has 0 spiro atoms. The van der Waals surface area contributed by atoms with Gasteiger partial charge in [-0.2, -0.15) is 0 Å². The summed E-state index contributed by atoms with van der Waals surface area (Å²) < 4.78 is 4.03. The smallest absolute Gasteiger partial charge is 0.178 e. The van der Waals surface area contributed by atoms with Gasteiger partial charge in [0.25, 0.3) is 0 Å². The van der Waals surface area contributed by atoms with Crippen LogP contribution >= 0.6 is 0 Å². The van der Waals surface area contributed by atoms with Crippen LogP contribution in [0, 0.1) is 0 Å². The van der Waals surface area contributed by atoms with Gasteiger partial charge < -0.3 is 9.91 Å². The monoisotopic (exact) mass is 466 g/mol. The van der Waals surface area contributed by atoms with Crippen LogP contribution in [0.1, 0.15) is 23.2 Å². The highest BCUT2D eigenvalue weighted by Gasteiger charge is 2.25. The molecule has 0 bridgehead atoms. The molecule has 4 aromatic heterocycles. The highest BCUT2D eigenvalue weighted by molar-refractivity contribution is 5.83. The Hall–Kier alpha value is -4.11. The van der Waals surface area contributed by atoms with Crippen LogP contribution in [0.25, 0.3) is 39.5 Å². The van der Waals surface area contributed by atoms with Crippen molar-refractivity contribution in [3.8, 4) is 17.3 Å². The third-order valence-electron chi connectivity index (χ3n) is 6.76. The number of imidazole rings is 2. The molecule has 1 aliphatic rings. The first kappa shape index (κ1) is 21.4. The Labute approximate surface area is 202 Å². The number of rotatable bonds is 5. The second-order valence-electron chi connectivity index (χ2n) is 9.11. The summed E-state index contributed by atoms with van der Waals surface area (Å²) in [5.41, 5.74) is 4.55. The molecule has 5 heterocycles. The molecule has 6 rings (SSSR count). The number of nitrogens with zero attached hydrogens (tertiary/aromatic N) is 8. The first-order valence-electron chi connectivity index (χ1n) is 11.8. The van der Waals surface area contributed by atoms with E-state index in [-0.39, 0.29) is 0 Å². The van der Waals surface area contributed by atoms with Gasteiger partial charge in [-0.1, -0.05) is 12.1 Å². The minimum atomic E-state index is 0.528. The molecule has 0 N–H and O–H groups in total. The quantitative estimate of drug-likeness (QED) is 0.368. The van der Waals surface area contributed by atoms with E-state index in [9.17, 15) is 4.79 Å². The number of fused-ring (bicyclic) bond motifs is 2. The normalized spacial score (nSPS) is 14.9. The molecule has 9 nitrogen and oxygen atoms in total. The molecule has 176 valence electrons. The zero-order chi connectivity index (χ0) is 23.9. The zero-order valence-corrected chi connectivity index (χ0v) is 19.7. The number of hydrogen-bond acceptors (Lipinski definition) is 7. The van der Waals surface area contributed by atoms with Gasteiger partial charge in [-0.25, -0.2) is 24.6 Å². The Bertz CT molecular complexity index is 1530. The van der Waals surface area contributed by atoms with Crippen molar-refractivity contribution >= 4 is 28.5 Å². The van der Waals surface area contributed by atoms with Crippen molar-refractivity contribution in [1.29, 1.82) is 0 Å². The Morgan fingerprint density at radius 3 is 2.57 bits per heavy atom. The predicted molar refractivity (Wildman–Crippen MR) is 135 cm³/mol. The highest BCUT2D eigenvalue weighted by Crippen LogP contribution is 2.28. The Balaban J connectivity index is 1.50. The number of aldehydes is 1. The van der Waals surface area contributed by atoms with Crippen molar-refractivity contribution in [1.82, 2.24) is 34.1 Å². The van der Waals surface area contributed by atoms with Gasteiger partial charge in [0.2, 0.25) is 0 Å². The summed E-state index contributed by atoms with van der Waals surface area (Å²) in [6.45, 7) is 1.82. The van der Waals surface area contributed by atoms with E-state index in [0.29, 0.717) is 28.8 Å². The molecule has 1 saturated heterocycles. The number of benzene rings is 1. The van der Waals surface area contributed by atoms with Gasteiger partial charge in [0.1, 0.15) is 24.1 Å². The number of aromatic nitrogens is 6. The third kappa shape index (κ3) is 3.74. The summed E-state index contributed by atoms with van der Waals surface area (Å²) in [5, 5.41) is 2.34. The lowest BCUT2D eigenvalue weighted by molar-refractivity contribution is 0.112. The first-order chi connectivity index (χ1) is 17.1. The van der Waals surface area contributed by atoms with E-state index in [1.165, 1.54) is 0 Å². The van der Waals surface area contributed by atoms with Gasteiger partial charge in [0.05, 0.1) is 16.6 Å². The average Bonchev–Trinajstić information content (AvgIpc) is 3.50. The van der Waals surface area contributed by atoms with E-state index in [4.69, 9.17) is 9.97 Å². The third-order valence-corrected chi connectivity index (χ3v) is 6.76. The summed E-state index contributed by atoms with van der Waals surface area (Å²) in [5.74, 6) is 1.33. The molecule has 0 aliphatic carbocycles. The summed E-state index contributed by atoms with van der Waals surface area (Å²) >= 11 is 0. The van der Waals surface area contributed by atoms with Crippen molar-refractivity contribution in [3.05, 3.63) is 66.6 Å². The van der Waals surface area contributed by atoms with Crippen LogP contribution in [0.15, 0.2) is 61.1 Å². The Morgan fingerprint density at radius 1 is 0.971 bits per heavy atom. The van der Waals surface area contributed by atoms with Crippen LogP contribution in [-0.2, 0) is 0 Å². The number of carbonyl (C=O) groups excluding carboxylic acids is 1. The van der Waals surface area contributed by atoms with Crippen molar-refractivity contribution in [2.75, 3.05) is 32.2 Å². The lowest BCUT2D eigenvalue weighted by atomic mass is 10.1. The van der Waals surface area contributed by atoms with Gasteiger partial charge in [-0.05, 0) is 63.3 Å². The maximum absolute atomic E-state index is 11.9. The molecule has 0 unspecified atom stereocenters. The molecule has 1 aliphatic heterocycles. The van der Waals surface area contributed by atoms with Crippen molar-refractivity contribution in [2.24, 2.45) is 0 Å². The fourth-order valence-corrected chi connectivity index (χ4v) is 4.91. The molecule has 0 amide bonds. The SMILES string of the molecule is CN(C)C1CCN(n2c(-c3cc(C=O)cc(-n4cnc5ncccc54)n3)nc3ccccc32)CC1. The van der Waals surface area contributed by atoms with Crippen LogP contribution in [0.3, 0.4) is 0 Å². The molecular formula is C26H26N8O. The summed E-state index contributed by atoms with van der Waals surface area (Å²) in [6.07, 6.45) is 6.39. The predicted octanol–water partition coefficient (Wildman–Crippen LogP) is 3.31. The Morgan fingerprint density at radius 2 is 1.77 bits per heavy atom. The van der Waals surface area contributed by atoms with Crippen LogP contribution in [0.5, 0.6) is 0 Å². The van der Waals surface area contributed by atoms with Crippen molar-refractivity contribution in [2.45, 2.75) is 18.9 Å². The molecule has 0 radical (unpaired) electrons. The number of carbonyl (C=O) groups is 1. The molecule has 0 saturated carbocycles. The summed E-state index contributed by atoms with van der Waals surface area (Å²) in [4.78, 5) is 32.9. The Kier molecular flexibility index (Phi) is 5.26. The van der Waals surface area contributed by atoms with Crippen molar-refractivity contribution in [3.63, 3.8) is 0 Å². The topological polar surface area (TPSA) is 85.0 Å². The number of piperidine rings is 1. The minimum absolute atomic E-state index is 0.528. The average molecular weight is 467 g/mol. The van der Waals surface area contributed by atoms with Gasteiger partial charge in [0.15, 0.2) is 11.5 Å². The van der Waals surface area contributed by atoms with E-state index in [1.54, 1.807) is 24.7 Å². The fourth-order valence-electron chi connectivity index (χ4n) is 4.91. The largest absolute Gasteiger partial charge is 0.311 e. The highest BCUT2D eigenvalue weighted by atomic mass is 16.1. The van der Waals surface area contributed by atoms with E-state index in [0.717, 1.165) is 54.6 Å². The van der Waals surface area contributed by atoms with Gasteiger partial charge in [-0.3, -0.25) is 9.36 Å². The molecule has 1 aromatic carbocycles. The lowest BCUT2D eigenvalue weighted by Gasteiger charge is -2.37. The van der Waals surface area contributed by atoms with E-state index >= 15 is 0 Å². The molecule has 0 atom stereocenters. The van der Waals surface area contributed by atoms with Gasteiger partial charge in [0, 0.05) is 30.9 Å². The van der Waals surface area contributed by atoms with E-state index < -0.39 is 0 Å². The number of para-hydroxylation sites is 2. The van der Waals surface area contributed by atoms with E-state index in [1.807, 2.05) is 34.9 Å². The first-order valence-corrected chi connectivity index (χ1v) is 11.8. The minimum Gasteiger partial charge on any atom is -0.311 e. The van der Waals surface area contributed by atoms with Crippen molar-refractivity contribution < 1.29 is 4.79 Å². The van der Waals surface area contributed by atoms with Crippen LogP contribution in [-0.4, -0.2) is 73.6 Å². The molecule has 9 heteroatoms. The maximum Gasteiger partial charge on any atom is 0.178 e. The van der Waals surface area contributed by atoms with E-state index in [2.05, 4.69) is 44.7 Å². The standard InChI is InChI=1S/C26H26N8O/c1-31(2)19-9-12-32(13-10-19)34-22-7-4-3-6-20(22)30-26(34)21-14-18(16-35)15-24(29-21)33-17-28-25-23(33)8-5-11-27-25/h3-8,11,14-17,19H,9-10,12-13H2,1-2H3. The van der Waals surface area contributed by atoms with Crippen LogP contribution < -0.4 is 5.01 Å². The molecule has 1 fully saturated rings. The number of pyridine rings is 2.